The molecule has 0 unspecified atom stereocenters. The summed E-state index contributed by atoms with van der Waals surface area (Å²) < 4.78 is 5.26. The largest absolute Gasteiger partial charge is 0.481 e. The maximum Gasteiger partial charge on any atom is 0.305 e. The Hall–Kier alpha value is -5.42. The second-order valence-electron chi connectivity index (χ2n) is 12.3. The molecule has 6 amide bonds. The number of carbonyl (C=O) groups is 7. The number of amides is 6. The molecule has 0 radical (unpaired) electrons. The molecule has 2 heterocycles. The lowest BCUT2D eigenvalue weighted by Gasteiger charge is -2.39. The summed E-state index contributed by atoms with van der Waals surface area (Å²) >= 11 is 0. The van der Waals surface area contributed by atoms with Crippen LogP contribution >= 0.6 is 0 Å². The Bertz CT molecular complexity index is 1510. The van der Waals surface area contributed by atoms with Gasteiger partial charge in [-0.3, -0.25) is 38.6 Å². The molecule has 2 aliphatic rings. The number of nitrogens with two attached hydrogens (primary N) is 2. The number of nitrogens with zero attached hydrogens (tertiary/aromatic N) is 1. The van der Waals surface area contributed by atoms with E-state index in [0.717, 1.165) is 0 Å². The topological polar surface area (TPSA) is 366 Å². The summed E-state index contributed by atoms with van der Waals surface area (Å²) in [5.74, 6) is -7.81. The van der Waals surface area contributed by atoms with E-state index in [1.54, 1.807) is 30.3 Å². The molecule has 9 atom stereocenters. The third-order valence-electron chi connectivity index (χ3n) is 8.21. The van der Waals surface area contributed by atoms with Crippen LogP contribution in [0.25, 0.3) is 0 Å². The van der Waals surface area contributed by atoms with Crippen molar-refractivity contribution >= 4 is 47.4 Å². The monoisotopic (exact) mass is 751 g/mol. The number of aliphatic imine (C=N–C) groups is 1. The van der Waals surface area contributed by atoms with Crippen molar-refractivity contribution in [3.8, 4) is 0 Å². The molecule has 2 fully saturated rings. The molecule has 1 aromatic carbocycles. The van der Waals surface area contributed by atoms with Gasteiger partial charge in [0.2, 0.25) is 29.5 Å². The zero-order chi connectivity index (χ0) is 39.2. The Balaban J connectivity index is 1.98. The lowest BCUT2D eigenvalue weighted by atomic mass is 9.94. The van der Waals surface area contributed by atoms with E-state index in [2.05, 4.69) is 36.9 Å². The molecule has 0 aromatic heterocycles. The highest BCUT2D eigenvalue weighted by atomic mass is 16.5. The Labute approximate surface area is 302 Å². The van der Waals surface area contributed by atoms with E-state index in [0.29, 0.717) is 5.56 Å². The van der Waals surface area contributed by atoms with Gasteiger partial charge in [0.25, 0.3) is 5.91 Å². The highest BCUT2D eigenvalue weighted by Crippen LogP contribution is 2.21. The molecule has 1 aromatic rings. The standard InChI is InChI=1S/C31H45N9O13/c32-31(33)34-8-4-7-15-26(48)36-12-20(42)37-17(10-21(43)44)28(50)39-16(9-14-5-2-1-3-6-14)27(49)40-18(29(51)38-15)11-35-30(52)25-24(47)23(46)22(45)19(13-41)53-25/h1-3,5-6,15-19,22-25,41,45-47H,4,7-13H2,(H,35,52)(H,36,48)(H,37,42)(H,38,51)(H,39,50)(H,40,49)(H,43,44)(H4,32,33,34)/t15-,16+,17-,18-,19-,22-,23+,24-,25-/m0/s1. The Kier molecular flexibility index (Phi) is 15.8. The summed E-state index contributed by atoms with van der Waals surface area (Å²) in [6, 6.07) is 1.96. The number of carbonyl (C=O) groups excluding carboxylic acids is 6. The van der Waals surface area contributed by atoms with Crippen LogP contribution in [0.4, 0.5) is 0 Å². The van der Waals surface area contributed by atoms with Crippen LogP contribution in [0.5, 0.6) is 0 Å². The minimum absolute atomic E-state index is 0.0314. The summed E-state index contributed by atoms with van der Waals surface area (Å²) in [4.78, 5) is 95.5. The van der Waals surface area contributed by atoms with Crippen molar-refractivity contribution in [2.75, 3.05) is 26.2 Å². The number of aliphatic carboxylic acids is 1. The van der Waals surface area contributed by atoms with Crippen LogP contribution in [-0.2, 0) is 44.7 Å². The molecule has 53 heavy (non-hydrogen) atoms. The number of guanidine groups is 1. The van der Waals surface area contributed by atoms with Crippen molar-refractivity contribution < 1.29 is 63.8 Å². The summed E-state index contributed by atoms with van der Waals surface area (Å²) in [6.45, 7) is -2.28. The number of ether oxygens (including phenoxy) is 1. The molecular formula is C31H45N9O13. The van der Waals surface area contributed by atoms with E-state index in [4.69, 9.17) is 16.2 Å². The second kappa shape index (κ2) is 20.0. The van der Waals surface area contributed by atoms with Crippen LogP contribution in [0.1, 0.15) is 24.8 Å². The van der Waals surface area contributed by atoms with Gasteiger partial charge in [-0.2, -0.15) is 0 Å². The van der Waals surface area contributed by atoms with Crippen LogP contribution in [-0.4, -0.2) is 154 Å². The number of hydrogen-bond donors (Lipinski definition) is 13. The quantitative estimate of drug-likeness (QED) is 0.0536. The van der Waals surface area contributed by atoms with E-state index in [1.807, 2.05) is 0 Å². The van der Waals surface area contributed by atoms with Gasteiger partial charge in [-0.25, -0.2) is 0 Å². The first kappa shape index (κ1) is 42.0. The lowest BCUT2D eigenvalue weighted by Crippen LogP contribution is -2.64. The first-order valence-corrected chi connectivity index (χ1v) is 16.5. The van der Waals surface area contributed by atoms with E-state index < -0.39 is 122 Å². The van der Waals surface area contributed by atoms with Gasteiger partial charge in [-0.05, 0) is 18.4 Å². The highest BCUT2D eigenvalue weighted by molar-refractivity contribution is 5.98. The fraction of sp³-hybridized carbons (Fsp3) is 0.548. The van der Waals surface area contributed by atoms with Crippen LogP contribution < -0.4 is 43.4 Å². The van der Waals surface area contributed by atoms with Crippen molar-refractivity contribution in [1.82, 2.24) is 31.9 Å². The van der Waals surface area contributed by atoms with Crippen LogP contribution in [0.3, 0.4) is 0 Å². The van der Waals surface area contributed by atoms with Gasteiger partial charge in [0.15, 0.2) is 12.1 Å². The van der Waals surface area contributed by atoms with Crippen LogP contribution in [0.15, 0.2) is 35.3 Å². The van der Waals surface area contributed by atoms with Crippen molar-refractivity contribution in [2.45, 2.75) is 80.4 Å². The van der Waals surface area contributed by atoms with Gasteiger partial charge in [0.05, 0.1) is 19.6 Å². The minimum atomic E-state index is -1.97. The SMILES string of the molecule is NC(N)=NCCC[C@@H]1NC(=O)[C@H](CNC(=O)[C@H]2O[C@@H](CO)[C@H](O)[C@@H](O)[C@@H]2O)NC(=O)[C@@H](Cc2ccccc2)NC(=O)[C@H](CC(=O)O)NC(=O)CNC1=O. The number of aliphatic hydroxyl groups excluding tert-OH is 4. The number of aliphatic hydroxyl groups is 4. The summed E-state index contributed by atoms with van der Waals surface area (Å²) in [7, 11) is 0. The molecule has 0 saturated carbocycles. The van der Waals surface area contributed by atoms with Gasteiger partial charge in [0.1, 0.15) is 48.6 Å². The number of nitrogens with one attached hydrogen (secondary N) is 6. The normalized spacial score (nSPS) is 28.8. The van der Waals surface area contributed by atoms with Crippen molar-refractivity contribution in [3.63, 3.8) is 0 Å². The van der Waals surface area contributed by atoms with Gasteiger partial charge in [-0.1, -0.05) is 30.3 Å². The zero-order valence-corrected chi connectivity index (χ0v) is 28.3. The highest BCUT2D eigenvalue weighted by Gasteiger charge is 2.46. The number of carboxylic acid groups (broad SMARTS) is 1. The number of rotatable bonds is 12. The first-order chi connectivity index (χ1) is 25.1. The predicted octanol–water partition coefficient (Wildman–Crippen LogP) is -7.22. The third-order valence-corrected chi connectivity index (χ3v) is 8.21. The van der Waals surface area contributed by atoms with E-state index in [9.17, 15) is 59.1 Å². The molecule has 3 rings (SSSR count). The van der Waals surface area contributed by atoms with Gasteiger partial charge < -0.3 is 73.6 Å². The molecule has 2 saturated heterocycles. The maximum atomic E-state index is 13.8. The van der Waals surface area contributed by atoms with Gasteiger partial charge in [-0.15, -0.1) is 0 Å². The third kappa shape index (κ3) is 12.6. The average Bonchev–Trinajstić information content (AvgIpc) is 3.11. The summed E-state index contributed by atoms with van der Waals surface area (Å²) in [5.41, 5.74) is 11.2. The minimum Gasteiger partial charge on any atom is -0.481 e. The maximum absolute atomic E-state index is 13.8. The Morgan fingerprint density at radius 1 is 0.830 bits per heavy atom. The fourth-order valence-corrected chi connectivity index (χ4v) is 5.40. The molecule has 22 heteroatoms. The molecule has 22 nitrogen and oxygen atoms in total. The van der Waals surface area contributed by atoms with Gasteiger partial charge in [0, 0.05) is 19.5 Å². The molecule has 2 aliphatic heterocycles. The molecule has 0 spiro atoms. The molecule has 0 aliphatic carbocycles. The Morgan fingerprint density at radius 2 is 1.45 bits per heavy atom. The summed E-state index contributed by atoms with van der Waals surface area (Å²) in [6.07, 6.45) is -9.97. The van der Waals surface area contributed by atoms with Crippen LogP contribution in [0, 0.1) is 0 Å². The smallest absolute Gasteiger partial charge is 0.305 e. The van der Waals surface area contributed by atoms with Crippen molar-refractivity contribution in [1.29, 1.82) is 0 Å². The van der Waals surface area contributed by atoms with Crippen molar-refractivity contribution in [2.24, 2.45) is 16.5 Å². The predicted molar refractivity (Wildman–Crippen MR) is 180 cm³/mol. The zero-order valence-electron chi connectivity index (χ0n) is 28.3. The lowest BCUT2D eigenvalue weighted by molar-refractivity contribution is -0.226. The van der Waals surface area contributed by atoms with Crippen LogP contribution in [0.2, 0.25) is 0 Å². The van der Waals surface area contributed by atoms with Crippen molar-refractivity contribution in [3.05, 3.63) is 35.9 Å². The fourth-order valence-electron chi connectivity index (χ4n) is 5.40. The number of carboxylic acids is 1. The average molecular weight is 752 g/mol. The first-order valence-electron chi connectivity index (χ1n) is 16.5. The molecule has 15 N–H and O–H groups in total. The van der Waals surface area contributed by atoms with E-state index in [1.165, 1.54) is 0 Å². The number of benzene rings is 1. The molecule has 292 valence electrons. The van der Waals surface area contributed by atoms with Gasteiger partial charge >= 0.3 is 5.97 Å². The molecule has 0 bridgehead atoms. The van der Waals surface area contributed by atoms with E-state index >= 15 is 0 Å². The number of hydrogen-bond acceptors (Lipinski definition) is 13. The summed E-state index contributed by atoms with van der Waals surface area (Å²) in [5, 5.41) is 63.6. The second-order valence-corrected chi connectivity index (χ2v) is 12.3. The Morgan fingerprint density at radius 3 is 2.09 bits per heavy atom. The van der Waals surface area contributed by atoms with E-state index in [-0.39, 0.29) is 31.8 Å². The molecular weight excluding hydrogens is 706 g/mol.